The van der Waals surface area contributed by atoms with Crippen molar-refractivity contribution in [3.8, 4) is 0 Å². The second kappa shape index (κ2) is 4.10. The smallest absolute Gasteiger partial charge is 0.123 e. The fourth-order valence-corrected chi connectivity index (χ4v) is 2.64. The molecule has 0 bridgehead atoms. The standard InChI is InChI=1S/C13H21N3O/c1-13(9-17-10-13)8-15(2)7-12-14-5-6-16(12)11-3-4-11/h5-6,11H,3-4,7-10H2,1-2H3. The van der Waals surface area contributed by atoms with Crippen LogP contribution in [0.15, 0.2) is 12.4 Å². The third-order valence-electron chi connectivity index (χ3n) is 3.65. The van der Waals surface area contributed by atoms with E-state index in [2.05, 4.69) is 34.6 Å². The molecule has 4 nitrogen and oxygen atoms in total. The third kappa shape index (κ3) is 2.38. The summed E-state index contributed by atoms with van der Waals surface area (Å²) in [6, 6.07) is 0.725. The molecule has 3 rings (SSSR count). The zero-order chi connectivity index (χ0) is 11.9. The fraction of sp³-hybridized carbons (Fsp3) is 0.769. The second-order valence-electron chi connectivity index (χ2n) is 5.96. The summed E-state index contributed by atoms with van der Waals surface area (Å²) >= 11 is 0. The summed E-state index contributed by atoms with van der Waals surface area (Å²) in [7, 11) is 2.18. The van der Waals surface area contributed by atoms with Crippen LogP contribution in [0.5, 0.6) is 0 Å². The molecule has 4 heteroatoms. The van der Waals surface area contributed by atoms with Crippen molar-refractivity contribution in [1.82, 2.24) is 14.5 Å². The Balaban J connectivity index is 1.59. The first-order chi connectivity index (χ1) is 8.16. The van der Waals surface area contributed by atoms with Gasteiger partial charge in [0, 0.05) is 30.4 Å². The Hall–Kier alpha value is -0.870. The maximum Gasteiger partial charge on any atom is 0.123 e. The lowest BCUT2D eigenvalue weighted by Crippen LogP contribution is -2.47. The minimum absolute atomic E-state index is 0.353. The van der Waals surface area contributed by atoms with E-state index >= 15 is 0 Å². The first-order valence-electron chi connectivity index (χ1n) is 6.44. The lowest BCUT2D eigenvalue weighted by Gasteiger charge is -2.40. The molecule has 17 heavy (non-hydrogen) atoms. The highest BCUT2D eigenvalue weighted by Gasteiger charge is 2.34. The van der Waals surface area contributed by atoms with Crippen LogP contribution in [-0.4, -0.2) is 41.3 Å². The van der Waals surface area contributed by atoms with Gasteiger partial charge in [-0.25, -0.2) is 4.98 Å². The van der Waals surface area contributed by atoms with Gasteiger partial charge < -0.3 is 9.30 Å². The lowest BCUT2D eigenvalue weighted by molar-refractivity contribution is -0.113. The van der Waals surface area contributed by atoms with Crippen LogP contribution in [0.4, 0.5) is 0 Å². The summed E-state index contributed by atoms with van der Waals surface area (Å²) in [4.78, 5) is 6.85. The van der Waals surface area contributed by atoms with Crippen LogP contribution in [0.3, 0.4) is 0 Å². The molecule has 1 saturated heterocycles. The van der Waals surface area contributed by atoms with E-state index in [1.807, 2.05) is 6.20 Å². The Kier molecular flexibility index (Phi) is 2.71. The molecule has 0 radical (unpaired) electrons. The average molecular weight is 235 g/mol. The third-order valence-corrected chi connectivity index (χ3v) is 3.65. The Morgan fingerprint density at radius 3 is 2.88 bits per heavy atom. The number of ether oxygens (including phenoxy) is 1. The van der Waals surface area contributed by atoms with Crippen LogP contribution in [0.25, 0.3) is 0 Å². The van der Waals surface area contributed by atoms with Crippen molar-refractivity contribution >= 4 is 0 Å². The largest absolute Gasteiger partial charge is 0.380 e. The molecule has 1 aromatic rings. The van der Waals surface area contributed by atoms with Gasteiger partial charge in [0.1, 0.15) is 5.82 Å². The van der Waals surface area contributed by atoms with Crippen LogP contribution < -0.4 is 0 Å². The van der Waals surface area contributed by atoms with Gasteiger partial charge in [0.25, 0.3) is 0 Å². The number of hydrogen-bond donors (Lipinski definition) is 0. The number of hydrogen-bond acceptors (Lipinski definition) is 3. The van der Waals surface area contributed by atoms with Gasteiger partial charge in [-0.1, -0.05) is 6.92 Å². The molecule has 2 heterocycles. The quantitative estimate of drug-likeness (QED) is 0.778. The second-order valence-corrected chi connectivity index (χ2v) is 5.96. The minimum atomic E-state index is 0.353. The van der Waals surface area contributed by atoms with E-state index in [0.717, 1.165) is 32.3 Å². The van der Waals surface area contributed by atoms with Gasteiger partial charge in [-0.2, -0.15) is 0 Å². The van der Waals surface area contributed by atoms with Gasteiger partial charge in [0.2, 0.25) is 0 Å². The molecule has 0 aromatic carbocycles. The monoisotopic (exact) mass is 235 g/mol. The minimum Gasteiger partial charge on any atom is -0.380 e. The number of imidazole rings is 1. The molecule has 0 atom stereocenters. The Bertz CT molecular complexity index is 393. The van der Waals surface area contributed by atoms with Gasteiger partial charge in [-0.15, -0.1) is 0 Å². The summed E-state index contributed by atoms with van der Waals surface area (Å²) < 4.78 is 7.64. The summed E-state index contributed by atoms with van der Waals surface area (Å²) in [5.41, 5.74) is 0.353. The van der Waals surface area contributed by atoms with Gasteiger partial charge in [0.15, 0.2) is 0 Å². The number of rotatable bonds is 5. The molecule has 0 unspecified atom stereocenters. The molecular weight excluding hydrogens is 214 g/mol. The Morgan fingerprint density at radius 2 is 2.29 bits per heavy atom. The van der Waals surface area contributed by atoms with Crippen LogP contribution in [0.1, 0.15) is 31.6 Å². The van der Waals surface area contributed by atoms with Gasteiger partial charge in [-0.05, 0) is 19.9 Å². The molecule has 0 spiro atoms. The van der Waals surface area contributed by atoms with E-state index in [9.17, 15) is 0 Å². The van der Waals surface area contributed by atoms with E-state index in [-0.39, 0.29) is 0 Å². The first-order valence-corrected chi connectivity index (χ1v) is 6.44. The SMILES string of the molecule is CN(Cc1nccn1C1CC1)CC1(C)COC1. The van der Waals surface area contributed by atoms with E-state index in [4.69, 9.17) is 4.74 Å². The zero-order valence-electron chi connectivity index (χ0n) is 10.7. The molecule has 1 aliphatic carbocycles. The van der Waals surface area contributed by atoms with E-state index in [0.29, 0.717) is 5.41 Å². The zero-order valence-corrected chi connectivity index (χ0v) is 10.7. The Morgan fingerprint density at radius 1 is 1.53 bits per heavy atom. The summed E-state index contributed by atoms with van der Waals surface area (Å²) in [5, 5.41) is 0. The summed E-state index contributed by atoms with van der Waals surface area (Å²) in [5.74, 6) is 1.21. The molecule has 94 valence electrons. The van der Waals surface area contributed by atoms with Crippen LogP contribution in [0.2, 0.25) is 0 Å². The van der Waals surface area contributed by atoms with Gasteiger partial charge >= 0.3 is 0 Å². The predicted octanol–water partition coefficient (Wildman–Crippen LogP) is 1.69. The topological polar surface area (TPSA) is 30.3 Å². The van der Waals surface area contributed by atoms with Crippen LogP contribution in [-0.2, 0) is 11.3 Å². The normalized spacial score (nSPS) is 22.8. The van der Waals surface area contributed by atoms with Crippen LogP contribution in [0, 0.1) is 5.41 Å². The summed E-state index contributed by atoms with van der Waals surface area (Å²) in [6.07, 6.45) is 6.68. The predicted molar refractivity (Wildman–Crippen MR) is 65.8 cm³/mol. The molecule has 1 aromatic heterocycles. The van der Waals surface area contributed by atoms with Crippen molar-refractivity contribution in [2.75, 3.05) is 26.8 Å². The van der Waals surface area contributed by atoms with Crippen molar-refractivity contribution in [2.45, 2.75) is 32.4 Å². The number of nitrogens with zero attached hydrogens (tertiary/aromatic N) is 3. The molecule has 1 aliphatic heterocycles. The van der Waals surface area contributed by atoms with Crippen LogP contribution >= 0.6 is 0 Å². The molecule has 0 N–H and O–H groups in total. The molecule has 0 amide bonds. The highest BCUT2D eigenvalue weighted by Crippen LogP contribution is 2.35. The molecule has 2 aliphatic rings. The molecule has 1 saturated carbocycles. The summed E-state index contributed by atoms with van der Waals surface area (Å²) in [6.45, 7) is 6.12. The van der Waals surface area contributed by atoms with Crippen molar-refractivity contribution in [3.63, 3.8) is 0 Å². The van der Waals surface area contributed by atoms with Gasteiger partial charge in [0.05, 0.1) is 19.8 Å². The van der Waals surface area contributed by atoms with Crippen molar-refractivity contribution in [1.29, 1.82) is 0 Å². The van der Waals surface area contributed by atoms with Crippen molar-refractivity contribution < 1.29 is 4.74 Å². The average Bonchev–Trinajstić information content (AvgIpc) is 2.98. The maximum absolute atomic E-state index is 5.30. The first kappa shape index (κ1) is 11.2. The Labute approximate surface area is 103 Å². The maximum atomic E-state index is 5.30. The highest BCUT2D eigenvalue weighted by atomic mass is 16.5. The lowest BCUT2D eigenvalue weighted by atomic mass is 9.88. The highest BCUT2D eigenvalue weighted by molar-refractivity contribution is 4.99. The van der Waals surface area contributed by atoms with Crippen molar-refractivity contribution in [3.05, 3.63) is 18.2 Å². The number of aromatic nitrogens is 2. The fourth-order valence-electron chi connectivity index (χ4n) is 2.64. The molecular formula is C13H21N3O. The van der Waals surface area contributed by atoms with E-state index < -0.39 is 0 Å². The van der Waals surface area contributed by atoms with E-state index in [1.165, 1.54) is 18.7 Å². The van der Waals surface area contributed by atoms with E-state index in [1.54, 1.807) is 0 Å². The molecule has 2 fully saturated rings. The van der Waals surface area contributed by atoms with Crippen molar-refractivity contribution in [2.24, 2.45) is 5.41 Å². The van der Waals surface area contributed by atoms with Gasteiger partial charge in [-0.3, -0.25) is 4.90 Å².